The van der Waals surface area contributed by atoms with E-state index >= 15 is 0 Å². The molecule has 1 aliphatic rings. The van der Waals surface area contributed by atoms with Gasteiger partial charge in [0, 0.05) is 17.3 Å². The number of rotatable bonds is 5. The van der Waals surface area contributed by atoms with E-state index in [0.717, 1.165) is 0 Å². The summed E-state index contributed by atoms with van der Waals surface area (Å²) >= 11 is 9.04. The first kappa shape index (κ1) is 20.2. The summed E-state index contributed by atoms with van der Waals surface area (Å²) in [7, 11) is -3.95. The molecule has 3 N–H and O–H groups in total. The minimum atomic E-state index is -3.95. The molecule has 0 bridgehead atoms. The molecule has 0 radical (unpaired) electrons. The second kappa shape index (κ2) is 7.84. The average molecular weight is 478 g/mol. The highest BCUT2D eigenvalue weighted by Crippen LogP contribution is 2.27. The summed E-state index contributed by atoms with van der Waals surface area (Å²) < 4.78 is 41.0. The third-order valence-electron chi connectivity index (χ3n) is 4.10. The molecule has 1 aliphatic carbocycles. The predicted octanol–water partition coefficient (Wildman–Crippen LogP) is 3.30. The molecule has 0 unspecified atom stereocenters. The van der Waals surface area contributed by atoms with Crippen LogP contribution in [0.4, 0.5) is 10.1 Å². The highest BCUT2D eigenvalue weighted by Gasteiger charge is 2.32. The van der Waals surface area contributed by atoms with Crippen molar-refractivity contribution >= 4 is 49.1 Å². The fourth-order valence-electron chi connectivity index (χ4n) is 2.59. The Balaban J connectivity index is 1.81. The molecule has 1 fully saturated rings. The number of halogens is 3. The van der Waals surface area contributed by atoms with E-state index in [1.807, 2.05) is 0 Å². The molecule has 2 aromatic rings. The van der Waals surface area contributed by atoms with Gasteiger partial charge in [0.1, 0.15) is 10.7 Å². The number of nitrogens with one attached hydrogen (secondary N) is 2. The van der Waals surface area contributed by atoms with Crippen LogP contribution in [-0.4, -0.2) is 31.6 Å². The quantitative estimate of drug-likeness (QED) is 0.616. The summed E-state index contributed by atoms with van der Waals surface area (Å²) in [5, 5.41) is 11.8. The second-order valence-electron chi connectivity index (χ2n) is 6.17. The Morgan fingerprint density at radius 2 is 1.93 bits per heavy atom. The van der Waals surface area contributed by atoms with Gasteiger partial charge in [-0.15, -0.1) is 0 Å². The zero-order valence-corrected chi connectivity index (χ0v) is 16.9. The average Bonchev–Trinajstić information content (AvgIpc) is 2.56. The maximum absolute atomic E-state index is 13.3. The monoisotopic (exact) mass is 476 g/mol. The van der Waals surface area contributed by atoms with Crippen LogP contribution in [0.15, 0.2) is 45.8 Å². The van der Waals surface area contributed by atoms with Crippen LogP contribution in [0.25, 0.3) is 0 Å². The van der Waals surface area contributed by atoms with Gasteiger partial charge >= 0.3 is 0 Å². The van der Waals surface area contributed by atoms with Gasteiger partial charge in [-0.3, -0.25) is 4.79 Å². The molecular formula is C17H15BrClFN2O4S. The zero-order valence-electron chi connectivity index (χ0n) is 13.7. The number of carbonyl (C=O) groups excluding carboxylic acids is 1. The van der Waals surface area contributed by atoms with Crippen molar-refractivity contribution in [1.82, 2.24) is 4.72 Å². The van der Waals surface area contributed by atoms with Crippen molar-refractivity contribution in [2.75, 3.05) is 5.32 Å². The van der Waals surface area contributed by atoms with Crippen molar-refractivity contribution in [2.45, 2.75) is 29.9 Å². The molecule has 0 atom stereocenters. The van der Waals surface area contributed by atoms with Gasteiger partial charge in [0.15, 0.2) is 0 Å². The van der Waals surface area contributed by atoms with E-state index in [4.69, 9.17) is 11.6 Å². The lowest BCUT2D eigenvalue weighted by atomic mass is 9.91. The smallest absolute Gasteiger partial charge is 0.255 e. The number of benzene rings is 2. The van der Waals surface area contributed by atoms with Crippen molar-refractivity contribution in [3.63, 3.8) is 0 Å². The number of aliphatic hydroxyl groups is 1. The molecule has 27 heavy (non-hydrogen) atoms. The summed E-state index contributed by atoms with van der Waals surface area (Å²) in [5.41, 5.74) is 0.420. The number of hydrogen-bond donors (Lipinski definition) is 3. The molecule has 0 spiro atoms. The van der Waals surface area contributed by atoms with Gasteiger partial charge in [0.2, 0.25) is 10.0 Å². The topological polar surface area (TPSA) is 95.5 Å². The largest absolute Gasteiger partial charge is 0.393 e. The molecular weight excluding hydrogens is 463 g/mol. The highest BCUT2D eigenvalue weighted by molar-refractivity contribution is 9.10. The third-order valence-corrected chi connectivity index (χ3v) is 6.71. The van der Waals surface area contributed by atoms with Crippen LogP contribution in [0.2, 0.25) is 5.02 Å². The summed E-state index contributed by atoms with van der Waals surface area (Å²) in [6.07, 6.45) is 0.146. The first-order valence-corrected chi connectivity index (χ1v) is 10.6. The third kappa shape index (κ3) is 4.67. The minimum absolute atomic E-state index is 0.0246. The number of anilines is 1. The molecule has 144 valence electrons. The van der Waals surface area contributed by atoms with Gasteiger partial charge in [-0.1, -0.05) is 11.6 Å². The first-order chi connectivity index (χ1) is 12.7. The van der Waals surface area contributed by atoms with E-state index in [9.17, 15) is 22.7 Å². The molecule has 0 heterocycles. The molecule has 1 saturated carbocycles. The fourth-order valence-corrected chi connectivity index (χ4v) is 4.76. The molecule has 3 rings (SSSR count). The molecule has 1 amide bonds. The summed E-state index contributed by atoms with van der Waals surface area (Å²) in [6.45, 7) is 0. The Labute approximate surface area is 168 Å². The van der Waals surface area contributed by atoms with Crippen LogP contribution in [0.3, 0.4) is 0 Å². The Morgan fingerprint density at radius 3 is 2.56 bits per heavy atom. The van der Waals surface area contributed by atoms with Gasteiger partial charge < -0.3 is 10.4 Å². The fraction of sp³-hybridized carbons (Fsp3) is 0.235. The number of hydrogen-bond acceptors (Lipinski definition) is 4. The van der Waals surface area contributed by atoms with E-state index in [1.165, 1.54) is 36.4 Å². The van der Waals surface area contributed by atoms with E-state index < -0.39 is 27.9 Å². The molecule has 6 nitrogen and oxygen atoms in total. The zero-order chi connectivity index (χ0) is 19.8. The SMILES string of the molecule is O=C(Nc1ccc(F)c(Br)c1)c1ccc(Cl)c(S(=O)(=O)NC2CC(O)C2)c1. The van der Waals surface area contributed by atoms with Gasteiger partial charge in [-0.05, 0) is 65.2 Å². The summed E-state index contributed by atoms with van der Waals surface area (Å²) in [4.78, 5) is 12.2. The minimum Gasteiger partial charge on any atom is -0.393 e. The number of carbonyl (C=O) groups is 1. The molecule has 0 saturated heterocycles. The van der Waals surface area contributed by atoms with E-state index in [1.54, 1.807) is 0 Å². The van der Waals surface area contributed by atoms with E-state index in [-0.39, 0.29) is 26.0 Å². The van der Waals surface area contributed by atoms with Gasteiger partial charge in [0.25, 0.3) is 5.91 Å². The number of sulfonamides is 1. The van der Waals surface area contributed by atoms with Crippen LogP contribution in [-0.2, 0) is 10.0 Å². The van der Waals surface area contributed by atoms with Crippen LogP contribution < -0.4 is 10.0 Å². The Morgan fingerprint density at radius 1 is 1.22 bits per heavy atom. The maximum Gasteiger partial charge on any atom is 0.255 e. The van der Waals surface area contributed by atoms with Crippen LogP contribution in [0.5, 0.6) is 0 Å². The van der Waals surface area contributed by atoms with Crippen molar-refractivity contribution in [3.8, 4) is 0 Å². The second-order valence-corrected chi connectivity index (χ2v) is 9.12. The molecule has 10 heteroatoms. The summed E-state index contributed by atoms with van der Waals surface area (Å²) in [5.74, 6) is -1.04. The van der Waals surface area contributed by atoms with Crippen LogP contribution in [0.1, 0.15) is 23.2 Å². The van der Waals surface area contributed by atoms with Gasteiger partial charge in [-0.2, -0.15) is 0 Å². The van der Waals surface area contributed by atoms with Crippen LogP contribution in [0, 0.1) is 5.82 Å². The van der Waals surface area contributed by atoms with Gasteiger partial charge in [0.05, 0.1) is 15.6 Å². The first-order valence-electron chi connectivity index (χ1n) is 7.92. The van der Waals surface area contributed by atoms with Crippen molar-refractivity contribution in [3.05, 3.63) is 57.3 Å². The van der Waals surface area contributed by atoms with Gasteiger partial charge in [-0.25, -0.2) is 17.5 Å². The molecule has 0 aromatic heterocycles. The number of aliphatic hydroxyl groups excluding tert-OH is 1. The van der Waals surface area contributed by atoms with Crippen molar-refractivity contribution < 1.29 is 22.7 Å². The molecule has 0 aliphatic heterocycles. The predicted molar refractivity (Wildman–Crippen MR) is 103 cm³/mol. The Bertz CT molecular complexity index is 996. The van der Waals surface area contributed by atoms with Crippen LogP contribution >= 0.6 is 27.5 Å². The van der Waals surface area contributed by atoms with Crippen molar-refractivity contribution in [2.24, 2.45) is 0 Å². The highest BCUT2D eigenvalue weighted by atomic mass is 79.9. The lowest BCUT2D eigenvalue weighted by Gasteiger charge is -2.31. The molecule has 2 aromatic carbocycles. The Hall–Kier alpha value is -1.52. The van der Waals surface area contributed by atoms with E-state index in [0.29, 0.717) is 18.5 Å². The maximum atomic E-state index is 13.3. The van der Waals surface area contributed by atoms with E-state index in [2.05, 4.69) is 26.0 Å². The standard InChI is InChI=1S/C17H15BrClFN2O4S/c18-13-8-10(2-4-15(13)20)21-17(24)9-1-3-14(19)16(5-9)27(25,26)22-11-6-12(23)7-11/h1-5,8,11-12,22-23H,6-7H2,(H,21,24). The normalized spacial score (nSPS) is 19.4. The summed E-state index contributed by atoms with van der Waals surface area (Å²) in [6, 6.07) is 7.49. The number of amides is 1. The lowest BCUT2D eigenvalue weighted by Crippen LogP contribution is -2.46. The Kier molecular flexibility index (Phi) is 5.87. The lowest BCUT2D eigenvalue weighted by molar-refractivity contribution is 0.0712. The van der Waals surface area contributed by atoms with Crippen molar-refractivity contribution in [1.29, 1.82) is 0 Å².